The quantitative estimate of drug-likeness (QED) is 0.497. The summed E-state index contributed by atoms with van der Waals surface area (Å²) in [4.78, 5) is 8.40. The minimum atomic E-state index is 0.291. The molecule has 0 saturated carbocycles. The maximum atomic E-state index is 4.26. The van der Waals surface area contributed by atoms with E-state index in [2.05, 4.69) is 46.5 Å². The Labute approximate surface area is 85.6 Å². The van der Waals surface area contributed by atoms with Crippen LogP contribution < -0.4 is 9.11 Å². The van der Waals surface area contributed by atoms with Gasteiger partial charge in [-0.1, -0.05) is 10.6 Å². The van der Waals surface area contributed by atoms with Gasteiger partial charge in [0.05, 0.1) is 0 Å². The normalized spacial score (nSPS) is 9.40. The predicted octanol–water partition coefficient (Wildman–Crippen LogP) is -0.742. The lowest BCUT2D eigenvalue weighted by molar-refractivity contribution is 1.10. The molecule has 5 heteroatoms. The summed E-state index contributed by atoms with van der Waals surface area (Å²) in [6, 6.07) is 2.01. The van der Waals surface area contributed by atoms with Crippen molar-refractivity contribution in [3.05, 3.63) is 11.9 Å². The monoisotopic (exact) mass is 273 g/mol. The molecule has 2 nitrogen and oxygen atoms in total. The van der Waals surface area contributed by atoms with Gasteiger partial charge in [-0.05, 0) is 11.5 Å². The van der Waals surface area contributed by atoms with E-state index in [0.717, 1.165) is 10.4 Å². The van der Waals surface area contributed by atoms with Crippen LogP contribution in [0.2, 0.25) is 0 Å². The summed E-state index contributed by atoms with van der Waals surface area (Å²) < 4.78 is 2.17. The molecule has 0 aliphatic heterocycles. The number of hydrogen-bond acceptors (Lipinski definition) is 2. The highest BCUT2D eigenvalue weighted by atomic mass is 127. The predicted molar refractivity (Wildman–Crippen MR) is 51.6 cm³/mol. The Morgan fingerprint density at radius 3 is 2.80 bits per heavy atom. The van der Waals surface area contributed by atoms with E-state index in [4.69, 9.17) is 0 Å². The van der Waals surface area contributed by atoms with E-state index in [-0.39, 0.29) is 0 Å². The fourth-order valence-electron chi connectivity index (χ4n) is 0.671. The summed E-state index contributed by atoms with van der Waals surface area (Å²) in [5.74, 6) is 0.867. The minimum Gasteiger partial charge on any atom is -0.259 e. The maximum absolute atomic E-state index is 4.26. The molecule has 0 aliphatic carbocycles. The molecule has 0 amide bonds. The van der Waals surface area contributed by atoms with E-state index < -0.39 is 0 Å². The summed E-state index contributed by atoms with van der Waals surface area (Å²) in [7, 11) is 0. The van der Waals surface area contributed by atoms with Gasteiger partial charge in [-0.3, -0.25) is 9.97 Å². The van der Waals surface area contributed by atoms with Gasteiger partial charge >= 0.3 is 11.9 Å². The van der Waals surface area contributed by atoms with Crippen molar-refractivity contribution in [1.29, 1.82) is 0 Å². The average molecular weight is 273 g/mol. The van der Waals surface area contributed by atoms with E-state index in [1.807, 2.05) is 13.0 Å². The van der Waals surface area contributed by atoms with Crippen LogP contribution in [0.5, 0.6) is 0 Å². The molecule has 0 aliphatic rings. The number of rotatable bonds is 1. The van der Waals surface area contributed by atoms with Crippen LogP contribution in [0.1, 0.15) is 5.82 Å². The molecule has 0 fully saturated rings. The Hall–Kier alpha value is 0.875. The number of nitrogens with zero attached hydrogens (tertiary/aromatic N) is 2. The summed E-state index contributed by atoms with van der Waals surface area (Å²) in [5.41, 5.74) is 0. The Kier molecular flexibility index (Phi) is 3.62. The average Bonchev–Trinajstić information content (AvgIpc) is 1.85. The van der Waals surface area contributed by atoms with E-state index >= 15 is 0 Å². The van der Waals surface area contributed by atoms with Crippen molar-refractivity contribution in [2.75, 3.05) is 0 Å². The van der Waals surface area contributed by atoms with Crippen LogP contribution in [-0.4, -0.2) is 38.2 Å². The number of hydrogen-bond donors (Lipinski definition) is 0. The van der Waals surface area contributed by atoms with Gasteiger partial charge in [0.25, 0.3) is 0 Å². The number of aryl methyl sites for hydroxylation is 1. The van der Waals surface area contributed by atoms with Crippen LogP contribution in [0.3, 0.4) is 0 Å². The maximum Gasteiger partial charge on any atom is 0.387 e. The summed E-state index contributed by atoms with van der Waals surface area (Å²) >= 11 is 5.25. The third-order valence-electron chi connectivity index (χ3n) is 0.989. The van der Waals surface area contributed by atoms with Crippen LogP contribution in [0.15, 0.2) is 6.07 Å². The molecule has 1 rings (SSSR count). The minimum absolute atomic E-state index is 0.291. The molecule has 47 valence electrons. The lowest BCUT2D eigenvalue weighted by atomic mass is 10.6. The van der Waals surface area contributed by atoms with Gasteiger partial charge in [0.15, 0.2) is 0 Å². The van der Waals surface area contributed by atoms with Crippen LogP contribution in [0.25, 0.3) is 0 Å². The molecule has 1 aromatic heterocycles. The molecule has 1 heterocycles. The van der Waals surface area contributed by atoms with Crippen molar-refractivity contribution in [1.82, 2.24) is 9.97 Å². The van der Waals surface area contributed by atoms with Crippen molar-refractivity contribution in [2.24, 2.45) is 0 Å². The van der Waals surface area contributed by atoms with Gasteiger partial charge in [0, 0.05) is 0 Å². The van der Waals surface area contributed by atoms with Crippen LogP contribution in [0, 0.1) is 6.92 Å². The highest BCUT2D eigenvalue weighted by Crippen LogP contribution is 1.80. The van der Waals surface area contributed by atoms with Gasteiger partial charge in [-0.15, -0.1) is 0 Å². The van der Waals surface area contributed by atoms with E-state index in [9.17, 15) is 0 Å². The highest BCUT2D eigenvalue weighted by molar-refractivity contribution is 14.1. The number of aromatic nitrogens is 2. The second kappa shape index (κ2) is 4.04. The first-order chi connectivity index (χ1) is 4.72. The van der Waals surface area contributed by atoms with Gasteiger partial charge in [0.2, 0.25) is 16.3 Å². The van der Waals surface area contributed by atoms with Crippen LogP contribution in [-0.2, 0) is 0 Å². The molecule has 3 radical (unpaired) electrons. The van der Waals surface area contributed by atoms with Crippen LogP contribution in [0.4, 0.5) is 0 Å². The third kappa shape index (κ3) is 2.49. The molecule has 0 N–H and O–H groups in total. The standard InChI is InChI=1S/C5H4N2.2Al.HI/c1-5-6-3-2-4-7-5;;;/h2H,1H3;;;1H/q;;+1;/p-1. The molecule has 0 unspecified atom stereocenters. The third-order valence-corrected chi connectivity index (χ3v) is 3.72. The van der Waals surface area contributed by atoms with Crippen molar-refractivity contribution in [3.8, 4) is 0 Å². The fraction of sp³-hybridized carbons (Fsp3) is 0.200. The molecule has 0 spiro atoms. The van der Waals surface area contributed by atoms with Gasteiger partial charge in [-0.25, -0.2) is 20.3 Å². The first-order valence-corrected chi connectivity index (χ1v) is 8.10. The lowest BCUT2D eigenvalue weighted by Crippen LogP contribution is -2.24. The van der Waals surface area contributed by atoms with E-state index in [0.29, 0.717) is 11.9 Å². The second-order valence-corrected chi connectivity index (χ2v) is 5.14. The van der Waals surface area contributed by atoms with Gasteiger partial charge < -0.3 is 0 Å². The molecule has 0 atom stereocenters. The van der Waals surface area contributed by atoms with Crippen molar-refractivity contribution in [2.45, 2.75) is 6.92 Å². The largest absolute Gasteiger partial charge is 0.387 e. The lowest BCUT2D eigenvalue weighted by Gasteiger charge is -1.98. The molecule has 1 aromatic rings. The van der Waals surface area contributed by atoms with Crippen molar-refractivity contribution < 1.29 is 0 Å². The number of halogens is 1. The fourth-order valence-corrected chi connectivity index (χ4v) is 2.65. The van der Waals surface area contributed by atoms with Gasteiger partial charge in [-0.2, -0.15) is 0 Å². The zero-order valence-electron chi connectivity index (χ0n) is 5.50. The molecule has 0 aromatic carbocycles. The molecule has 10 heavy (non-hydrogen) atoms. The Bertz CT molecular complexity index is 221. The molecule has 0 bridgehead atoms. The Morgan fingerprint density at radius 2 is 2.30 bits per heavy atom. The smallest absolute Gasteiger partial charge is 0.259 e. The van der Waals surface area contributed by atoms with Crippen LogP contribution >= 0.6 is 20.3 Å². The zero-order valence-corrected chi connectivity index (χ0v) is 9.97. The van der Waals surface area contributed by atoms with Crippen molar-refractivity contribution >= 4 is 57.6 Å². The first kappa shape index (κ1) is 8.97. The van der Waals surface area contributed by atoms with Crippen molar-refractivity contribution in [3.63, 3.8) is 0 Å². The van der Waals surface area contributed by atoms with Gasteiger partial charge in [0.1, 0.15) is 5.82 Å². The second-order valence-electron chi connectivity index (χ2n) is 1.87. The Morgan fingerprint density at radius 1 is 1.60 bits per heavy atom. The topological polar surface area (TPSA) is 25.8 Å². The van der Waals surface area contributed by atoms with E-state index in [1.54, 1.807) is 0 Å². The first-order valence-electron chi connectivity index (χ1n) is 2.77. The molecular weight excluding hydrogens is 269 g/mol. The molecular formula is C5H4Al2IN2. The summed E-state index contributed by atoms with van der Waals surface area (Å²) in [5, 5.41) is 0. The van der Waals surface area contributed by atoms with E-state index in [1.165, 1.54) is 4.56 Å². The SMILES string of the molecule is Cc1n[c]([Al])c[c]([Al][I])n1. The summed E-state index contributed by atoms with van der Waals surface area (Å²) in [6.07, 6.45) is 0. The zero-order chi connectivity index (χ0) is 7.56. The molecule has 0 saturated heterocycles. The highest BCUT2D eigenvalue weighted by Gasteiger charge is 1.96. The summed E-state index contributed by atoms with van der Waals surface area (Å²) in [6.45, 7) is 1.92. The Balaban J connectivity index is 3.06.